The van der Waals surface area contributed by atoms with Crippen LogP contribution in [-0.2, 0) is 7.05 Å². The van der Waals surface area contributed by atoms with Crippen molar-refractivity contribution in [2.24, 2.45) is 7.05 Å². The molecule has 0 unspecified atom stereocenters. The lowest BCUT2D eigenvalue weighted by Crippen LogP contribution is -2.20. The zero-order valence-electron chi connectivity index (χ0n) is 16.4. The lowest BCUT2D eigenvalue weighted by molar-refractivity contribution is 0.262. The number of urea groups is 1. The molecule has 150 valence electrons. The number of aryl methyl sites for hydroxylation is 2. The number of benzene rings is 2. The molecule has 0 atom stereocenters. The van der Waals surface area contributed by atoms with Crippen LogP contribution in [0, 0.1) is 6.92 Å². The number of aromatic nitrogens is 2. The summed E-state index contributed by atoms with van der Waals surface area (Å²) in [6.45, 7) is 1.92. The number of nitrogens with zero attached hydrogens (tertiary/aromatic N) is 2. The number of amides is 2. The Hall–Kier alpha value is -3.64. The van der Waals surface area contributed by atoms with Gasteiger partial charge in [0.2, 0.25) is 0 Å². The maximum Gasteiger partial charge on any atom is 0.323 e. The third-order valence-electron chi connectivity index (χ3n) is 4.89. The topological polar surface area (TPSA) is 76.0 Å². The number of carbonyl (C=O) groups excluding carboxylic acids is 1. The molecule has 0 spiro atoms. The zero-order valence-corrected chi connectivity index (χ0v) is 17.2. The average Bonchev–Trinajstić information content (AvgIpc) is 2.73. The molecule has 2 aromatic heterocycles. The van der Waals surface area contributed by atoms with Gasteiger partial charge in [0.15, 0.2) is 0 Å². The third kappa shape index (κ3) is 3.90. The monoisotopic (exact) mass is 418 g/mol. The lowest BCUT2D eigenvalue weighted by Gasteiger charge is -2.13. The van der Waals surface area contributed by atoms with Crippen LogP contribution in [0.4, 0.5) is 16.2 Å². The molecule has 0 saturated carbocycles. The van der Waals surface area contributed by atoms with Gasteiger partial charge in [-0.1, -0.05) is 35.9 Å². The van der Waals surface area contributed by atoms with Crippen molar-refractivity contribution in [3.8, 4) is 11.1 Å². The number of anilines is 2. The molecule has 2 amide bonds. The largest absolute Gasteiger partial charge is 0.323 e. The Kier molecular flexibility index (Phi) is 5.25. The first-order chi connectivity index (χ1) is 14.4. The summed E-state index contributed by atoms with van der Waals surface area (Å²) in [7, 11) is 1.70. The highest BCUT2D eigenvalue weighted by Gasteiger charge is 2.13. The summed E-state index contributed by atoms with van der Waals surface area (Å²) >= 11 is 5.98. The second-order valence-electron chi connectivity index (χ2n) is 6.96. The summed E-state index contributed by atoms with van der Waals surface area (Å²) in [5.74, 6) is 0. The first kappa shape index (κ1) is 19.7. The maximum atomic E-state index is 13.0. The zero-order chi connectivity index (χ0) is 21.3. The number of hydrogen-bond donors (Lipinski definition) is 2. The van der Waals surface area contributed by atoms with Gasteiger partial charge in [-0.3, -0.25) is 4.79 Å². The van der Waals surface area contributed by atoms with Crippen LogP contribution in [0.25, 0.3) is 22.0 Å². The van der Waals surface area contributed by atoms with Gasteiger partial charge in [0.05, 0.1) is 5.52 Å². The number of pyridine rings is 2. The standard InChI is InChI=1S/C23H19ClN4O2/c1-14-8-9-17(27-23(30)26-16-6-4-3-5-7-16)11-18(14)19-10-15-13-25-21(24)12-20(15)28(2)22(19)29/h3-13H,1-2H3,(H2,26,27,30). The fraction of sp³-hybridized carbons (Fsp3) is 0.0870. The molecule has 0 saturated heterocycles. The molecule has 0 aliphatic rings. The highest BCUT2D eigenvalue weighted by molar-refractivity contribution is 6.30. The van der Waals surface area contributed by atoms with Crippen LogP contribution in [0.1, 0.15) is 5.56 Å². The van der Waals surface area contributed by atoms with Crippen molar-refractivity contribution in [1.29, 1.82) is 0 Å². The highest BCUT2D eigenvalue weighted by atomic mass is 35.5. The number of para-hydroxylation sites is 1. The number of halogens is 1. The predicted molar refractivity (Wildman–Crippen MR) is 121 cm³/mol. The summed E-state index contributed by atoms with van der Waals surface area (Å²) in [4.78, 5) is 29.5. The number of fused-ring (bicyclic) bond motifs is 1. The molecule has 4 rings (SSSR count). The van der Waals surface area contributed by atoms with Crippen molar-refractivity contribution in [1.82, 2.24) is 9.55 Å². The van der Waals surface area contributed by atoms with Gasteiger partial charge < -0.3 is 15.2 Å². The van der Waals surface area contributed by atoms with E-state index in [0.29, 0.717) is 27.6 Å². The Morgan fingerprint density at radius 1 is 0.967 bits per heavy atom. The van der Waals surface area contributed by atoms with Crippen molar-refractivity contribution < 1.29 is 4.79 Å². The molecular formula is C23H19ClN4O2. The summed E-state index contributed by atoms with van der Waals surface area (Å²) in [6, 6.07) is 17.8. The van der Waals surface area contributed by atoms with Crippen molar-refractivity contribution in [2.75, 3.05) is 10.6 Å². The Bertz CT molecular complexity index is 1320. The molecule has 0 bridgehead atoms. The van der Waals surface area contributed by atoms with Crippen LogP contribution in [0.3, 0.4) is 0 Å². The second kappa shape index (κ2) is 8.00. The van der Waals surface area contributed by atoms with Gasteiger partial charge in [-0.25, -0.2) is 9.78 Å². The third-order valence-corrected chi connectivity index (χ3v) is 5.10. The number of hydrogen-bond acceptors (Lipinski definition) is 3. The molecule has 0 fully saturated rings. The van der Waals surface area contributed by atoms with E-state index in [9.17, 15) is 9.59 Å². The maximum absolute atomic E-state index is 13.0. The van der Waals surface area contributed by atoms with Crippen molar-refractivity contribution >= 4 is 39.9 Å². The van der Waals surface area contributed by atoms with Crippen molar-refractivity contribution in [3.05, 3.63) is 87.9 Å². The molecule has 7 heteroatoms. The smallest absolute Gasteiger partial charge is 0.311 e. The molecule has 30 heavy (non-hydrogen) atoms. The number of nitrogens with one attached hydrogen (secondary N) is 2. The summed E-state index contributed by atoms with van der Waals surface area (Å²) in [6.07, 6.45) is 1.64. The minimum atomic E-state index is -0.360. The van der Waals surface area contributed by atoms with Crippen LogP contribution >= 0.6 is 11.6 Å². The predicted octanol–water partition coefficient (Wildman–Crippen LogP) is 5.21. The van der Waals surface area contributed by atoms with Crippen LogP contribution in [0.2, 0.25) is 5.15 Å². The Morgan fingerprint density at radius 3 is 2.47 bits per heavy atom. The van der Waals surface area contributed by atoms with Crippen LogP contribution in [0.15, 0.2) is 71.7 Å². The van der Waals surface area contributed by atoms with E-state index in [0.717, 1.165) is 16.5 Å². The first-order valence-electron chi connectivity index (χ1n) is 9.32. The molecule has 0 aliphatic heterocycles. The molecule has 2 N–H and O–H groups in total. The summed E-state index contributed by atoms with van der Waals surface area (Å²) in [5.41, 5.74) is 4.01. The summed E-state index contributed by atoms with van der Waals surface area (Å²) < 4.78 is 1.56. The second-order valence-corrected chi connectivity index (χ2v) is 7.35. The van der Waals surface area contributed by atoms with E-state index in [1.54, 1.807) is 54.2 Å². The molecular weight excluding hydrogens is 400 g/mol. The minimum Gasteiger partial charge on any atom is -0.311 e. The van der Waals surface area contributed by atoms with Crippen molar-refractivity contribution in [3.63, 3.8) is 0 Å². The van der Waals surface area contributed by atoms with E-state index in [-0.39, 0.29) is 11.6 Å². The Balaban J connectivity index is 1.70. The number of rotatable bonds is 3. The molecule has 0 aliphatic carbocycles. The van der Waals surface area contributed by atoms with E-state index >= 15 is 0 Å². The highest BCUT2D eigenvalue weighted by Crippen LogP contribution is 2.27. The fourth-order valence-corrected chi connectivity index (χ4v) is 3.49. The molecule has 0 radical (unpaired) electrons. The normalized spacial score (nSPS) is 10.8. The average molecular weight is 419 g/mol. The molecule has 2 heterocycles. The van der Waals surface area contributed by atoms with Gasteiger partial charge in [0, 0.05) is 35.6 Å². The Labute approximate surface area is 178 Å². The molecule has 6 nitrogen and oxygen atoms in total. The van der Waals surface area contributed by atoms with E-state index in [4.69, 9.17) is 11.6 Å². The van der Waals surface area contributed by atoms with Gasteiger partial charge >= 0.3 is 6.03 Å². The van der Waals surface area contributed by atoms with Gasteiger partial charge in [0.1, 0.15) is 5.15 Å². The van der Waals surface area contributed by atoms with E-state index in [1.165, 1.54) is 0 Å². The van der Waals surface area contributed by atoms with Crippen LogP contribution < -0.4 is 16.2 Å². The van der Waals surface area contributed by atoms with Crippen molar-refractivity contribution in [2.45, 2.75) is 6.92 Å². The van der Waals surface area contributed by atoms with Crippen LogP contribution in [0.5, 0.6) is 0 Å². The van der Waals surface area contributed by atoms with Gasteiger partial charge in [-0.2, -0.15) is 0 Å². The lowest BCUT2D eigenvalue weighted by atomic mass is 9.99. The number of carbonyl (C=O) groups is 1. The minimum absolute atomic E-state index is 0.154. The summed E-state index contributed by atoms with van der Waals surface area (Å²) in [5, 5.41) is 6.73. The SMILES string of the molecule is Cc1ccc(NC(=O)Nc2ccccc2)cc1-c1cc2cnc(Cl)cc2n(C)c1=O. The molecule has 4 aromatic rings. The van der Waals surface area contributed by atoms with E-state index < -0.39 is 0 Å². The van der Waals surface area contributed by atoms with Gasteiger partial charge in [0.25, 0.3) is 5.56 Å². The first-order valence-corrected chi connectivity index (χ1v) is 9.69. The van der Waals surface area contributed by atoms with Gasteiger partial charge in [-0.15, -0.1) is 0 Å². The van der Waals surface area contributed by atoms with Gasteiger partial charge in [-0.05, 0) is 54.4 Å². The van der Waals surface area contributed by atoms with E-state index in [1.807, 2.05) is 31.2 Å². The molecule has 2 aromatic carbocycles. The van der Waals surface area contributed by atoms with Crippen LogP contribution in [-0.4, -0.2) is 15.6 Å². The van der Waals surface area contributed by atoms with E-state index in [2.05, 4.69) is 15.6 Å². The quantitative estimate of drug-likeness (QED) is 0.448. The Morgan fingerprint density at radius 2 is 1.70 bits per heavy atom. The fourth-order valence-electron chi connectivity index (χ4n) is 3.34.